The highest BCUT2D eigenvalue weighted by atomic mass is 16.5. The molecular formula is C18H19NO2. The van der Waals surface area contributed by atoms with E-state index < -0.39 is 0 Å². The Kier molecular flexibility index (Phi) is 4.31. The molecule has 2 aromatic carbocycles. The summed E-state index contributed by atoms with van der Waals surface area (Å²) in [5.41, 5.74) is 2.43. The summed E-state index contributed by atoms with van der Waals surface area (Å²) in [7, 11) is 0. The molecule has 1 aliphatic heterocycles. The summed E-state index contributed by atoms with van der Waals surface area (Å²) in [6, 6.07) is 20.4. The molecule has 0 radical (unpaired) electrons. The van der Waals surface area contributed by atoms with Crippen LogP contribution in [0.15, 0.2) is 60.7 Å². The Balaban J connectivity index is 1.79. The Morgan fingerprint density at radius 1 is 0.905 bits per heavy atom. The lowest BCUT2D eigenvalue weighted by molar-refractivity contribution is -0.142. The topological polar surface area (TPSA) is 29.5 Å². The summed E-state index contributed by atoms with van der Waals surface area (Å²) in [5.74, 6) is -0.0955. The average Bonchev–Trinajstić information content (AvgIpc) is 2.95. The van der Waals surface area contributed by atoms with Crippen LogP contribution in [0, 0.1) is 0 Å². The number of cyclic esters (lactones) is 1. The highest BCUT2D eigenvalue weighted by molar-refractivity contribution is 5.77. The zero-order valence-electron chi connectivity index (χ0n) is 11.9. The van der Waals surface area contributed by atoms with E-state index in [-0.39, 0.29) is 12.0 Å². The van der Waals surface area contributed by atoms with Gasteiger partial charge in [0, 0.05) is 19.5 Å². The molecule has 0 amide bonds. The first-order valence-electron chi connectivity index (χ1n) is 7.31. The molecule has 1 aliphatic rings. The first-order valence-corrected chi connectivity index (χ1v) is 7.31. The molecule has 0 aromatic heterocycles. The highest BCUT2D eigenvalue weighted by Gasteiger charge is 2.32. The van der Waals surface area contributed by atoms with Crippen molar-refractivity contribution in [1.82, 2.24) is 4.90 Å². The lowest BCUT2D eigenvalue weighted by Crippen LogP contribution is -2.37. The second-order valence-corrected chi connectivity index (χ2v) is 5.35. The lowest BCUT2D eigenvalue weighted by Gasteiger charge is -2.26. The van der Waals surface area contributed by atoms with Gasteiger partial charge in [-0.25, -0.2) is 0 Å². The predicted octanol–water partition coefficient (Wildman–Crippen LogP) is 3.00. The molecule has 0 saturated carbocycles. The van der Waals surface area contributed by atoms with Gasteiger partial charge in [-0.05, 0) is 11.1 Å². The molecule has 0 spiro atoms. The third-order valence-electron chi connectivity index (χ3n) is 3.81. The van der Waals surface area contributed by atoms with Crippen molar-refractivity contribution in [1.29, 1.82) is 0 Å². The molecule has 1 atom stereocenters. The van der Waals surface area contributed by atoms with Crippen LogP contribution in [0.4, 0.5) is 0 Å². The van der Waals surface area contributed by atoms with Gasteiger partial charge in [-0.3, -0.25) is 9.69 Å². The van der Waals surface area contributed by atoms with Crippen LogP contribution in [0.2, 0.25) is 0 Å². The molecule has 21 heavy (non-hydrogen) atoms. The van der Waals surface area contributed by atoms with Gasteiger partial charge >= 0.3 is 5.97 Å². The Hall–Kier alpha value is -2.13. The average molecular weight is 281 g/mol. The zero-order chi connectivity index (χ0) is 14.5. The number of benzene rings is 2. The van der Waals surface area contributed by atoms with Gasteiger partial charge < -0.3 is 4.74 Å². The Morgan fingerprint density at radius 2 is 1.43 bits per heavy atom. The summed E-state index contributed by atoms with van der Waals surface area (Å²) in [6.07, 6.45) is 0.776. The normalized spacial score (nSPS) is 18.0. The van der Waals surface area contributed by atoms with Crippen LogP contribution in [0.1, 0.15) is 17.5 Å². The Morgan fingerprint density at radius 3 is 1.86 bits per heavy atom. The van der Waals surface area contributed by atoms with Crippen molar-refractivity contribution in [2.75, 3.05) is 6.61 Å². The summed E-state index contributed by atoms with van der Waals surface area (Å²) in [6.45, 7) is 2.05. The van der Waals surface area contributed by atoms with Gasteiger partial charge in [0.2, 0.25) is 0 Å². The van der Waals surface area contributed by atoms with Gasteiger partial charge in [-0.15, -0.1) is 0 Å². The van der Waals surface area contributed by atoms with E-state index in [1.807, 2.05) is 36.4 Å². The summed E-state index contributed by atoms with van der Waals surface area (Å²) in [4.78, 5) is 14.1. The van der Waals surface area contributed by atoms with Gasteiger partial charge in [0.25, 0.3) is 0 Å². The third-order valence-corrected chi connectivity index (χ3v) is 3.81. The van der Waals surface area contributed by atoms with Crippen LogP contribution >= 0.6 is 0 Å². The van der Waals surface area contributed by atoms with Crippen LogP contribution in [-0.2, 0) is 22.6 Å². The molecule has 0 aliphatic carbocycles. The zero-order valence-corrected chi connectivity index (χ0v) is 11.9. The van der Waals surface area contributed by atoms with Crippen molar-refractivity contribution >= 4 is 5.97 Å². The van der Waals surface area contributed by atoms with Gasteiger partial charge in [0.05, 0.1) is 6.61 Å². The second-order valence-electron chi connectivity index (χ2n) is 5.35. The molecular weight excluding hydrogens is 262 g/mol. The minimum atomic E-state index is -0.134. The lowest BCUT2D eigenvalue weighted by atomic mass is 10.1. The van der Waals surface area contributed by atoms with E-state index in [0.717, 1.165) is 19.5 Å². The minimum Gasteiger partial charge on any atom is -0.464 e. The molecule has 2 aromatic rings. The SMILES string of the molecule is O=C1OCCC1N(Cc1ccccc1)Cc1ccccc1. The van der Waals surface area contributed by atoms with Crippen LogP contribution in [0.25, 0.3) is 0 Å². The molecule has 3 heteroatoms. The van der Waals surface area contributed by atoms with E-state index >= 15 is 0 Å². The van der Waals surface area contributed by atoms with E-state index in [0.29, 0.717) is 6.61 Å². The summed E-state index contributed by atoms with van der Waals surface area (Å²) in [5, 5.41) is 0. The number of carbonyl (C=O) groups excluding carboxylic acids is 1. The second kappa shape index (κ2) is 6.55. The van der Waals surface area contributed by atoms with E-state index in [1.165, 1.54) is 11.1 Å². The maximum absolute atomic E-state index is 11.9. The summed E-state index contributed by atoms with van der Waals surface area (Å²) < 4.78 is 5.14. The van der Waals surface area contributed by atoms with Gasteiger partial charge in [0.15, 0.2) is 0 Å². The molecule has 3 nitrogen and oxygen atoms in total. The Bertz CT molecular complexity index is 541. The van der Waals surface area contributed by atoms with Gasteiger partial charge in [-0.2, -0.15) is 0 Å². The van der Waals surface area contributed by atoms with Gasteiger partial charge in [0.1, 0.15) is 6.04 Å². The molecule has 0 N–H and O–H groups in total. The highest BCUT2D eigenvalue weighted by Crippen LogP contribution is 2.20. The van der Waals surface area contributed by atoms with E-state index in [1.54, 1.807) is 0 Å². The fourth-order valence-electron chi connectivity index (χ4n) is 2.73. The van der Waals surface area contributed by atoms with Crippen molar-refractivity contribution in [3.05, 3.63) is 71.8 Å². The third kappa shape index (κ3) is 3.50. The molecule has 1 saturated heterocycles. The van der Waals surface area contributed by atoms with Crippen molar-refractivity contribution in [3.8, 4) is 0 Å². The number of hydrogen-bond donors (Lipinski definition) is 0. The fraction of sp³-hybridized carbons (Fsp3) is 0.278. The van der Waals surface area contributed by atoms with E-state index in [4.69, 9.17) is 4.74 Å². The molecule has 3 rings (SSSR count). The predicted molar refractivity (Wildman–Crippen MR) is 81.5 cm³/mol. The Labute approximate surface area is 125 Å². The first-order chi connectivity index (χ1) is 10.3. The minimum absolute atomic E-state index is 0.0955. The van der Waals surface area contributed by atoms with Crippen molar-refractivity contribution < 1.29 is 9.53 Å². The molecule has 1 unspecified atom stereocenters. The standard InChI is InChI=1S/C18H19NO2/c20-18-17(11-12-21-18)19(13-15-7-3-1-4-8-15)14-16-9-5-2-6-10-16/h1-10,17H,11-14H2. The number of esters is 1. The largest absolute Gasteiger partial charge is 0.464 e. The number of nitrogens with zero attached hydrogens (tertiary/aromatic N) is 1. The smallest absolute Gasteiger partial charge is 0.323 e. The summed E-state index contributed by atoms with van der Waals surface area (Å²) >= 11 is 0. The van der Waals surface area contributed by atoms with E-state index in [9.17, 15) is 4.79 Å². The maximum Gasteiger partial charge on any atom is 0.323 e. The molecule has 108 valence electrons. The molecule has 0 bridgehead atoms. The van der Waals surface area contributed by atoms with Crippen LogP contribution in [-0.4, -0.2) is 23.5 Å². The number of hydrogen-bond acceptors (Lipinski definition) is 3. The maximum atomic E-state index is 11.9. The van der Waals surface area contributed by atoms with Crippen molar-refractivity contribution in [2.24, 2.45) is 0 Å². The van der Waals surface area contributed by atoms with Crippen LogP contribution in [0.5, 0.6) is 0 Å². The fourth-order valence-corrected chi connectivity index (χ4v) is 2.73. The molecule has 1 fully saturated rings. The number of carbonyl (C=O) groups is 1. The van der Waals surface area contributed by atoms with E-state index in [2.05, 4.69) is 29.2 Å². The molecule has 1 heterocycles. The van der Waals surface area contributed by atoms with Crippen molar-refractivity contribution in [2.45, 2.75) is 25.6 Å². The monoisotopic (exact) mass is 281 g/mol. The number of ether oxygens (including phenoxy) is 1. The quantitative estimate of drug-likeness (QED) is 0.789. The van der Waals surface area contributed by atoms with Crippen molar-refractivity contribution in [3.63, 3.8) is 0 Å². The van der Waals surface area contributed by atoms with Gasteiger partial charge in [-0.1, -0.05) is 60.7 Å². The van der Waals surface area contributed by atoms with Crippen LogP contribution in [0.3, 0.4) is 0 Å². The van der Waals surface area contributed by atoms with Crippen LogP contribution < -0.4 is 0 Å². The number of rotatable bonds is 5. The first kappa shape index (κ1) is 13.8.